The van der Waals surface area contributed by atoms with Crippen molar-refractivity contribution in [2.75, 3.05) is 6.79 Å². The van der Waals surface area contributed by atoms with Crippen molar-refractivity contribution in [1.29, 1.82) is 0 Å². The molecule has 0 N–H and O–H groups in total. The standard InChI is InChI=1S/C24H30O5/c1-23(2)8-14(25)21-18(10-23)29-19-11-24(3,4)9-15(26)22(19)20(21)13-5-6-16-17(7-13)28-12-27-16/h5-7,18-22H,8-12H2,1-4H3. The highest BCUT2D eigenvalue weighted by atomic mass is 16.7. The van der Waals surface area contributed by atoms with Crippen LogP contribution in [-0.2, 0) is 14.3 Å². The second kappa shape index (κ2) is 6.31. The summed E-state index contributed by atoms with van der Waals surface area (Å²) < 4.78 is 17.6. The molecular formula is C24H30O5. The van der Waals surface area contributed by atoms with E-state index >= 15 is 0 Å². The van der Waals surface area contributed by atoms with E-state index in [9.17, 15) is 9.59 Å². The summed E-state index contributed by atoms with van der Waals surface area (Å²) >= 11 is 0. The van der Waals surface area contributed by atoms with Crippen LogP contribution in [0.15, 0.2) is 18.2 Å². The van der Waals surface area contributed by atoms with E-state index in [2.05, 4.69) is 27.7 Å². The summed E-state index contributed by atoms with van der Waals surface area (Å²) in [4.78, 5) is 26.6. The van der Waals surface area contributed by atoms with Crippen molar-refractivity contribution in [3.63, 3.8) is 0 Å². The Hall–Kier alpha value is -1.88. The van der Waals surface area contributed by atoms with Crippen LogP contribution in [0.3, 0.4) is 0 Å². The van der Waals surface area contributed by atoms with Gasteiger partial charge in [0.05, 0.1) is 24.0 Å². The third-order valence-electron chi connectivity index (χ3n) is 7.26. The zero-order chi connectivity index (χ0) is 20.6. The minimum absolute atomic E-state index is 0.0707. The largest absolute Gasteiger partial charge is 0.454 e. The summed E-state index contributed by atoms with van der Waals surface area (Å²) in [7, 11) is 0. The van der Waals surface area contributed by atoms with E-state index in [-0.39, 0.29) is 59.2 Å². The van der Waals surface area contributed by atoms with Gasteiger partial charge in [-0.2, -0.15) is 0 Å². The van der Waals surface area contributed by atoms with Gasteiger partial charge in [-0.05, 0) is 41.4 Å². The van der Waals surface area contributed by atoms with Crippen LogP contribution in [0.1, 0.15) is 64.9 Å². The van der Waals surface area contributed by atoms with E-state index in [1.807, 2.05) is 18.2 Å². The molecule has 2 heterocycles. The first-order valence-corrected chi connectivity index (χ1v) is 10.7. The molecule has 3 fully saturated rings. The van der Waals surface area contributed by atoms with Gasteiger partial charge in [0.15, 0.2) is 11.5 Å². The molecule has 1 aromatic carbocycles. The molecule has 5 nitrogen and oxygen atoms in total. The molecule has 156 valence electrons. The first-order valence-electron chi connectivity index (χ1n) is 10.7. The van der Waals surface area contributed by atoms with E-state index in [0.29, 0.717) is 18.6 Å². The fourth-order valence-corrected chi connectivity index (χ4v) is 6.19. The second-order valence-electron chi connectivity index (χ2n) is 10.9. The van der Waals surface area contributed by atoms with Crippen molar-refractivity contribution in [3.8, 4) is 11.5 Å². The lowest BCUT2D eigenvalue weighted by atomic mass is 9.56. The lowest BCUT2D eigenvalue weighted by Crippen LogP contribution is -2.58. The van der Waals surface area contributed by atoms with Crippen molar-refractivity contribution < 1.29 is 23.8 Å². The summed E-state index contributed by atoms with van der Waals surface area (Å²) in [5, 5.41) is 0. The molecule has 1 aromatic rings. The van der Waals surface area contributed by atoms with Crippen LogP contribution in [0.5, 0.6) is 11.5 Å². The predicted octanol–water partition coefficient (Wildman–Crippen LogP) is 4.28. The van der Waals surface area contributed by atoms with E-state index < -0.39 is 0 Å². The molecule has 0 spiro atoms. The van der Waals surface area contributed by atoms with E-state index in [1.54, 1.807) is 0 Å². The summed E-state index contributed by atoms with van der Waals surface area (Å²) in [5.41, 5.74) is 0.862. The van der Waals surface area contributed by atoms with Gasteiger partial charge in [0.2, 0.25) is 6.79 Å². The van der Waals surface area contributed by atoms with Crippen LogP contribution in [-0.4, -0.2) is 30.6 Å². The SMILES string of the molecule is CC1(C)CC(=O)C2C(C1)OC1CC(C)(C)CC(=O)C1C2c1ccc2c(c1)OCO2. The Morgan fingerprint density at radius 3 is 1.93 bits per heavy atom. The van der Waals surface area contributed by atoms with Crippen LogP contribution in [0.25, 0.3) is 0 Å². The van der Waals surface area contributed by atoms with Crippen LogP contribution in [0.4, 0.5) is 0 Å². The zero-order valence-corrected chi connectivity index (χ0v) is 17.7. The van der Waals surface area contributed by atoms with E-state index in [4.69, 9.17) is 14.2 Å². The number of ketones is 2. The highest BCUT2D eigenvalue weighted by Gasteiger charge is 2.57. The molecule has 29 heavy (non-hydrogen) atoms. The maximum absolute atomic E-state index is 13.3. The topological polar surface area (TPSA) is 61.8 Å². The molecule has 0 radical (unpaired) electrons. The van der Waals surface area contributed by atoms with Crippen LogP contribution in [0.2, 0.25) is 0 Å². The number of carbonyl (C=O) groups is 2. The van der Waals surface area contributed by atoms with Gasteiger partial charge < -0.3 is 14.2 Å². The van der Waals surface area contributed by atoms with E-state index in [1.165, 1.54) is 0 Å². The number of fused-ring (bicyclic) bond motifs is 3. The van der Waals surface area contributed by atoms with E-state index in [0.717, 1.165) is 24.2 Å². The number of rotatable bonds is 1. The number of Topliss-reactive ketones (excluding diaryl/α,β-unsaturated/α-hetero) is 2. The Morgan fingerprint density at radius 2 is 1.34 bits per heavy atom. The van der Waals surface area contributed by atoms with Gasteiger partial charge in [-0.15, -0.1) is 0 Å². The third kappa shape index (κ3) is 3.18. The molecule has 5 rings (SSSR count). The van der Waals surface area contributed by atoms with Crippen LogP contribution < -0.4 is 9.47 Å². The van der Waals surface area contributed by atoms with Gasteiger partial charge in [-0.3, -0.25) is 9.59 Å². The Balaban J connectivity index is 1.60. The molecule has 2 saturated carbocycles. The number of carbonyl (C=O) groups excluding carboxylic acids is 2. The molecule has 0 amide bonds. The Morgan fingerprint density at radius 1 is 0.793 bits per heavy atom. The van der Waals surface area contributed by atoms with Crippen molar-refractivity contribution in [3.05, 3.63) is 23.8 Å². The lowest BCUT2D eigenvalue weighted by Gasteiger charge is -2.54. The maximum atomic E-state index is 13.3. The highest BCUT2D eigenvalue weighted by molar-refractivity contribution is 5.89. The number of benzene rings is 1. The second-order valence-corrected chi connectivity index (χ2v) is 10.9. The van der Waals surface area contributed by atoms with Crippen LogP contribution >= 0.6 is 0 Å². The summed E-state index contributed by atoms with van der Waals surface area (Å²) in [6, 6.07) is 5.90. The third-order valence-corrected chi connectivity index (χ3v) is 7.26. The highest BCUT2D eigenvalue weighted by Crippen LogP contribution is 2.55. The average molecular weight is 398 g/mol. The monoisotopic (exact) mass is 398 g/mol. The lowest BCUT2D eigenvalue weighted by molar-refractivity contribution is -0.186. The first kappa shape index (κ1) is 19.1. The van der Waals surface area contributed by atoms with Crippen molar-refractivity contribution in [2.24, 2.45) is 22.7 Å². The van der Waals surface area contributed by atoms with Crippen molar-refractivity contribution in [1.82, 2.24) is 0 Å². The number of ether oxygens (including phenoxy) is 3. The van der Waals surface area contributed by atoms with Gasteiger partial charge in [0, 0.05) is 18.8 Å². The number of hydrogen-bond acceptors (Lipinski definition) is 5. The minimum atomic E-state index is -0.269. The molecule has 2 aliphatic heterocycles. The van der Waals surface area contributed by atoms with Gasteiger partial charge in [-0.25, -0.2) is 0 Å². The first-order chi connectivity index (χ1) is 13.6. The average Bonchev–Trinajstić information content (AvgIpc) is 3.05. The number of hydrogen-bond donors (Lipinski definition) is 0. The molecule has 0 aromatic heterocycles. The Labute approximate surface area is 172 Å². The zero-order valence-electron chi connectivity index (χ0n) is 17.7. The van der Waals surface area contributed by atoms with Gasteiger partial charge in [-0.1, -0.05) is 33.8 Å². The summed E-state index contributed by atoms with van der Waals surface area (Å²) in [6.45, 7) is 8.78. The molecule has 4 atom stereocenters. The molecule has 4 unspecified atom stereocenters. The molecule has 0 bridgehead atoms. The molecule has 4 aliphatic rings. The van der Waals surface area contributed by atoms with Gasteiger partial charge in [0.1, 0.15) is 11.6 Å². The van der Waals surface area contributed by atoms with Crippen molar-refractivity contribution in [2.45, 2.75) is 71.5 Å². The molecule has 2 aliphatic carbocycles. The maximum Gasteiger partial charge on any atom is 0.231 e. The minimum Gasteiger partial charge on any atom is -0.454 e. The summed E-state index contributed by atoms with van der Waals surface area (Å²) in [5.74, 6) is 1.19. The van der Waals surface area contributed by atoms with Crippen molar-refractivity contribution >= 4 is 11.6 Å². The summed E-state index contributed by atoms with van der Waals surface area (Å²) in [6.07, 6.45) is 2.50. The van der Waals surface area contributed by atoms with Crippen LogP contribution in [0, 0.1) is 22.7 Å². The van der Waals surface area contributed by atoms with Gasteiger partial charge in [0.25, 0.3) is 0 Å². The smallest absolute Gasteiger partial charge is 0.231 e. The fraction of sp³-hybridized carbons (Fsp3) is 0.667. The fourth-order valence-electron chi connectivity index (χ4n) is 6.19. The normalized spacial score (nSPS) is 37.0. The van der Waals surface area contributed by atoms with Gasteiger partial charge >= 0.3 is 0 Å². The quantitative estimate of drug-likeness (QED) is 0.707. The Kier molecular flexibility index (Phi) is 4.16. The molecule has 1 saturated heterocycles. The molecular weight excluding hydrogens is 368 g/mol. The Bertz CT molecular complexity index is 828. The predicted molar refractivity (Wildman–Crippen MR) is 107 cm³/mol. The molecule has 5 heteroatoms.